The molecule has 4 rings (SSSR count). The van der Waals surface area contributed by atoms with Crippen LogP contribution in [0.2, 0.25) is 0 Å². The van der Waals surface area contributed by atoms with Gasteiger partial charge in [-0.05, 0) is 12.1 Å². The van der Waals surface area contributed by atoms with Crippen molar-refractivity contribution in [1.82, 2.24) is 29.1 Å². The maximum absolute atomic E-state index is 4.49. The lowest BCUT2D eigenvalue weighted by Gasteiger charge is -2.02. The SMILES string of the molecule is Cn1cc(-c2cc3ncc(-c4ccccn4)n3cn2)cn1. The highest BCUT2D eigenvalue weighted by Gasteiger charge is 2.09. The van der Waals surface area contributed by atoms with E-state index in [-0.39, 0.29) is 0 Å². The van der Waals surface area contributed by atoms with E-state index < -0.39 is 0 Å². The van der Waals surface area contributed by atoms with Crippen LogP contribution in [0.5, 0.6) is 0 Å². The van der Waals surface area contributed by atoms with Crippen molar-refractivity contribution in [1.29, 1.82) is 0 Å². The standard InChI is InChI=1S/C15H12N6/c1-20-9-11(7-19-20)13-6-15-17-8-14(21(15)10-18-13)12-4-2-3-5-16-12/h2-10H,1H3. The van der Waals surface area contributed by atoms with Crippen molar-refractivity contribution in [2.75, 3.05) is 0 Å². The van der Waals surface area contributed by atoms with Crippen LogP contribution in [-0.4, -0.2) is 29.1 Å². The molecule has 0 N–H and O–H groups in total. The van der Waals surface area contributed by atoms with E-state index in [1.54, 1.807) is 23.4 Å². The molecular weight excluding hydrogens is 264 g/mol. The number of pyridine rings is 1. The number of fused-ring (bicyclic) bond motifs is 1. The highest BCUT2D eigenvalue weighted by Crippen LogP contribution is 2.21. The van der Waals surface area contributed by atoms with Crippen molar-refractivity contribution >= 4 is 5.65 Å². The second-order valence-electron chi connectivity index (χ2n) is 4.76. The molecule has 102 valence electrons. The van der Waals surface area contributed by atoms with Crippen LogP contribution in [0.15, 0.2) is 55.4 Å². The van der Waals surface area contributed by atoms with Gasteiger partial charge >= 0.3 is 0 Å². The highest BCUT2D eigenvalue weighted by atomic mass is 15.2. The molecule has 0 saturated carbocycles. The number of aryl methyl sites for hydroxylation is 1. The van der Waals surface area contributed by atoms with Gasteiger partial charge in [0.1, 0.15) is 12.0 Å². The molecule has 0 fully saturated rings. The van der Waals surface area contributed by atoms with Gasteiger partial charge in [0, 0.05) is 31.1 Å². The molecule has 0 unspecified atom stereocenters. The van der Waals surface area contributed by atoms with Crippen LogP contribution >= 0.6 is 0 Å². The first kappa shape index (κ1) is 11.8. The average Bonchev–Trinajstić information content (AvgIpc) is 3.13. The van der Waals surface area contributed by atoms with Crippen LogP contribution < -0.4 is 0 Å². The molecule has 0 aliphatic heterocycles. The number of hydrogen-bond acceptors (Lipinski definition) is 4. The number of imidazole rings is 1. The molecule has 6 heteroatoms. The van der Waals surface area contributed by atoms with Gasteiger partial charge in [0.25, 0.3) is 0 Å². The minimum absolute atomic E-state index is 0.838. The summed E-state index contributed by atoms with van der Waals surface area (Å²) in [6.07, 6.45) is 9.08. The lowest BCUT2D eigenvalue weighted by molar-refractivity contribution is 0.768. The minimum atomic E-state index is 0.838. The van der Waals surface area contributed by atoms with E-state index in [0.29, 0.717) is 0 Å². The summed E-state index contributed by atoms with van der Waals surface area (Å²) >= 11 is 0. The summed E-state index contributed by atoms with van der Waals surface area (Å²) in [6.45, 7) is 0. The molecule has 4 aromatic rings. The van der Waals surface area contributed by atoms with Gasteiger partial charge in [-0.1, -0.05) is 6.07 Å². The molecule has 0 amide bonds. The maximum Gasteiger partial charge on any atom is 0.140 e. The first-order valence-electron chi connectivity index (χ1n) is 6.55. The van der Waals surface area contributed by atoms with Crippen molar-refractivity contribution in [3.05, 3.63) is 55.4 Å². The third-order valence-electron chi connectivity index (χ3n) is 3.33. The molecule has 0 saturated heterocycles. The third-order valence-corrected chi connectivity index (χ3v) is 3.33. The molecule has 0 radical (unpaired) electrons. The van der Waals surface area contributed by atoms with Crippen molar-refractivity contribution in [2.45, 2.75) is 0 Å². The molecule has 0 atom stereocenters. The molecule has 21 heavy (non-hydrogen) atoms. The fraction of sp³-hybridized carbons (Fsp3) is 0.0667. The van der Waals surface area contributed by atoms with E-state index in [4.69, 9.17) is 0 Å². The summed E-state index contributed by atoms with van der Waals surface area (Å²) in [6, 6.07) is 7.76. The van der Waals surface area contributed by atoms with Gasteiger partial charge in [0.2, 0.25) is 0 Å². The van der Waals surface area contributed by atoms with Crippen molar-refractivity contribution in [3.8, 4) is 22.6 Å². The number of hydrogen-bond donors (Lipinski definition) is 0. The van der Waals surface area contributed by atoms with Crippen molar-refractivity contribution in [2.24, 2.45) is 7.05 Å². The minimum Gasteiger partial charge on any atom is -0.281 e. The summed E-state index contributed by atoms with van der Waals surface area (Å²) in [5.41, 5.74) is 4.47. The first-order valence-corrected chi connectivity index (χ1v) is 6.55. The second-order valence-corrected chi connectivity index (χ2v) is 4.76. The van der Waals surface area contributed by atoms with Crippen LogP contribution in [0.25, 0.3) is 28.3 Å². The van der Waals surface area contributed by atoms with E-state index in [1.807, 2.05) is 48.1 Å². The molecule has 4 heterocycles. The van der Waals surface area contributed by atoms with E-state index in [1.165, 1.54) is 0 Å². The Labute approximate surface area is 120 Å². The quantitative estimate of drug-likeness (QED) is 0.563. The van der Waals surface area contributed by atoms with Gasteiger partial charge in [-0.15, -0.1) is 0 Å². The van der Waals surface area contributed by atoms with Crippen LogP contribution in [0.4, 0.5) is 0 Å². The Morgan fingerprint density at radius 2 is 1.95 bits per heavy atom. The molecule has 0 spiro atoms. The predicted molar refractivity (Wildman–Crippen MR) is 78.4 cm³/mol. The van der Waals surface area contributed by atoms with Gasteiger partial charge in [0.15, 0.2) is 0 Å². The van der Waals surface area contributed by atoms with Gasteiger partial charge in [0.05, 0.1) is 29.5 Å². The van der Waals surface area contributed by atoms with Crippen LogP contribution in [-0.2, 0) is 7.05 Å². The Morgan fingerprint density at radius 1 is 1.00 bits per heavy atom. The van der Waals surface area contributed by atoms with Gasteiger partial charge < -0.3 is 0 Å². The van der Waals surface area contributed by atoms with E-state index in [9.17, 15) is 0 Å². The molecule has 0 aromatic carbocycles. The average molecular weight is 276 g/mol. The summed E-state index contributed by atoms with van der Waals surface area (Å²) < 4.78 is 3.69. The monoisotopic (exact) mass is 276 g/mol. The topological polar surface area (TPSA) is 60.9 Å². The number of rotatable bonds is 2. The lowest BCUT2D eigenvalue weighted by atomic mass is 10.2. The predicted octanol–water partition coefficient (Wildman–Crippen LogP) is 2.19. The van der Waals surface area contributed by atoms with Gasteiger partial charge in [-0.3, -0.25) is 14.1 Å². The van der Waals surface area contributed by atoms with E-state index in [0.717, 1.165) is 28.3 Å². The second kappa shape index (κ2) is 4.52. The van der Waals surface area contributed by atoms with Crippen molar-refractivity contribution < 1.29 is 0 Å². The normalized spacial score (nSPS) is 11.1. The van der Waals surface area contributed by atoms with Crippen LogP contribution in [0.3, 0.4) is 0 Å². The Bertz CT molecular complexity index is 906. The van der Waals surface area contributed by atoms with E-state index in [2.05, 4.69) is 20.1 Å². The zero-order valence-electron chi connectivity index (χ0n) is 11.4. The molecule has 0 aliphatic carbocycles. The Hall–Kier alpha value is -3.02. The Kier molecular flexibility index (Phi) is 2.53. The van der Waals surface area contributed by atoms with Gasteiger partial charge in [-0.25, -0.2) is 9.97 Å². The smallest absolute Gasteiger partial charge is 0.140 e. The molecular formula is C15H12N6. The fourth-order valence-electron chi connectivity index (χ4n) is 2.30. The molecule has 0 aliphatic rings. The maximum atomic E-state index is 4.49. The third kappa shape index (κ3) is 1.97. The Morgan fingerprint density at radius 3 is 2.71 bits per heavy atom. The summed E-state index contributed by atoms with van der Waals surface area (Å²) in [5.74, 6) is 0. The first-order chi connectivity index (χ1) is 10.3. The Balaban J connectivity index is 1.84. The summed E-state index contributed by atoms with van der Waals surface area (Å²) in [5, 5.41) is 4.17. The van der Waals surface area contributed by atoms with Crippen molar-refractivity contribution in [3.63, 3.8) is 0 Å². The molecule has 6 nitrogen and oxygen atoms in total. The number of nitrogens with zero attached hydrogens (tertiary/aromatic N) is 6. The molecule has 0 bridgehead atoms. The largest absolute Gasteiger partial charge is 0.281 e. The van der Waals surface area contributed by atoms with Crippen LogP contribution in [0, 0.1) is 0 Å². The zero-order chi connectivity index (χ0) is 14.2. The van der Waals surface area contributed by atoms with Gasteiger partial charge in [-0.2, -0.15) is 5.10 Å². The summed E-state index contributed by atoms with van der Waals surface area (Å²) in [7, 11) is 1.89. The fourth-order valence-corrected chi connectivity index (χ4v) is 2.30. The van der Waals surface area contributed by atoms with Crippen LogP contribution in [0.1, 0.15) is 0 Å². The zero-order valence-corrected chi connectivity index (χ0v) is 11.4. The summed E-state index contributed by atoms with van der Waals surface area (Å²) in [4.78, 5) is 13.3. The van der Waals surface area contributed by atoms with E-state index >= 15 is 0 Å². The highest BCUT2D eigenvalue weighted by molar-refractivity contribution is 5.65. The lowest BCUT2D eigenvalue weighted by Crippen LogP contribution is -1.93. The number of aromatic nitrogens is 6. The molecule has 4 aromatic heterocycles.